The zero-order valence-corrected chi connectivity index (χ0v) is 12.3. The first-order valence-electron chi connectivity index (χ1n) is 6.70. The van der Waals surface area contributed by atoms with Crippen molar-refractivity contribution in [2.45, 2.75) is 33.2 Å². The lowest BCUT2D eigenvalue weighted by Gasteiger charge is -2.20. The normalized spacial score (nSPS) is 11.8. The summed E-state index contributed by atoms with van der Waals surface area (Å²) in [4.78, 5) is 34.3. The standard InChI is InChI=1S/C15H20N2O4/c1-9(2)12(8-13(18)19)17-15(21)14(20)16-11-6-4-10(3)5-7-11/h4-7,9,12H,8H2,1-3H3,(H,16,20)(H,17,21)(H,18,19). The van der Waals surface area contributed by atoms with Crippen LogP contribution in [0.4, 0.5) is 5.69 Å². The van der Waals surface area contributed by atoms with E-state index in [-0.39, 0.29) is 12.3 Å². The molecule has 6 nitrogen and oxygen atoms in total. The molecule has 0 aliphatic rings. The van der Waals surface area contributed by atoms with Crippen LogP contribution in [-0.2, 0) is 14.4 Å². The maximum atomic E-state index is 11.8. The van der Waals surface area contributed by atoms with E-state index in [9.17, 15) is 14.4 Å². The summed E-state index contributed by atoms with van der Waals surface area (Å²) >= 11 is 0. The molecule has 0 saturated heterocycles. The number of carbonyl (C=O) groups is 3. The molecule has 0 aliphatic carbocycles. The first-order chi connectivity index (χ1) is 9.79. The lowest BCUT2D eigenvalue weighted by Crippen LogP contribution is -2.45. The third kappa shape index (κ3) is 5.64. The Morgan fingerprint density at radius 3 is 2.14 bits per heavy atom. The van der Waals surface area contributed by atoms with Gasteiger partial charge in [0.2, 0.25) is 0 Å². The fourth-order valence-corrected chi connectivity index (χ4v) is 1.70. The third-order valence-corrected chi connectivity index (χ3v) is 3.03. The Morgan fingerprint density at radius 1 is 1.10 bits per heavy atom. The summed E-state index contributed by atoms with van der Waals surface area (Å²) in [6.45, 7) is 5.48. The smallest absolute Gasteiger partial charge is 0.313 e. The maximum absolute atomic E-state index is 11.8. The van der Waals surface area contributed by atoms with Crippen molar-refractivity contribution in [1.82, 2.24) is 5.32 Å². The summed E-state index contributed by atoms with van der Waals surface area (Å²) in [5, 5.41) is 13.7. The van der Waals surface area contributed by atoms with E-state index in [0.29, 0.717) is 5.69 Å². The van der Waals surface area contributed by atoms with Crippen LogP contribution < -0.4 is 10.6 Å². The van der Waals surface area contributed by atoms with Crippen LogP contribution in [0.5, 0.6) is 0 Å². The number of benzene rings is 1. The van der Waals surface area contributed by atoms with Crippen molar-refractivity contribution >= 4 is 23.5 Å². The van der Waals surface area contributed by atoms with E-state index in [4.69, 9.17) is 5.11 Å². The molecule has 0 spiro atoms. The number of carboxylic acid groups (broad SMARTS) is 1. The van der Waals surface area contributed by atoms with Gasteiger partial charge in [0.15, 0.2) is 0 Å². The molecule has 2 amide bonds. The molecule has 0 aliphatic heterocycles. The predicted octanol–water partition coefficient (Wildman–Crippen LogP) is 1.55. The van der Waals surface area contributed by atoms with Gasteiger partial charge in [-0.1, -0.05) is 31.5 Å². The summed E-state index contributed by atoms with van der Waals surface area (Å²) in [7, 11) is 0. The molecule has 0 bridgehead atoms. The largest absolute Gasteiger partial charge is 0.481 e. The van der Waals surface area contributed by atoms with Gasteiger partial charge in [0.05, 0.1) is 6.42 Å². The van der Waals surface area contributed by atoms with Gasteiger partial charge in [0.25, 0.3) is 0 Å². The Hall–Kier alpha value is -2.37. The van der Waals surface area contributed by atoms with Gasteiger partial charge < -0.3 is 15.7 Å². The van der Waals surface area contributed by atoms with Gasteiger partial charge in [-0.2, -0.15) is 0 Å². The summed E-state index contributed by atoms with van der Waals surface area (Å²) in [5.41, 5.74) is 1.55. The Balaban J connectivity index is 2.62. The zero-order chi connectivity index (χ0) is 16.0. The van der Waals surface area contributed by atoms with Crippen molar-refractivity contribution in [1.29, 1.82) is 0 Å². The second kappa shape index (κ2) is 7.42. The van der Waals surface area contributed by atoms with Gasteiger partial charge in [0, 0.05) is 11.7 Å². The van der Waals surface area contributed by atoms with Crippen molar-refractivity contribution in [2.75, 3.05) is 5.32 Å². The van der Waals surface area contributed by atoms with Crippen molar-refractivity contribution in [3.05, 3.63) is 29.8 Å². The minimum Gasteiger partial charge on any atom is -0.481 e. The van der Waals surface area contributed by atoms with Gasteiger partial charge in [-0.3, -0.25) is 14.4 Å². The second-order valence-electron chi connectivity index (χ2n) is 5.24. The monoisotopic (exact) mass is 292 g/mol. The van der Waals surface area contributed by atoms with E-state index in [1.54, 1.807) is 26.0 Å². The molecular formula is C15H20N2O4. The number of rotatable bonds is 5. The Morgan fingerprint density at radius 2 is 1.67 bits per heavy atom. The molecule has 0 aromatic heterocycles. The first-order valence-corrected chi connectivity index (χ1v) is 6.70. The van der Waals surface area contributed by atoms with Crippen LogP contribution in [0.2, 0.25) is 0 Å². The van der Waals surface area contributed by atoms with Gasteiger partial charge in [-0.15, -0.1) is 0 Å². The summed E-state index contributed by atoms with van der Waals surface area (Å²) in [5.74, 6) is -2.75. The minimum atomic E-state index is -1.02. The van der Waals surface area contributed by atoms with E-state index in [1.807, 2.05) is 19.1 Å². The molecule has 1 atom stereocenters. The average Bonchev–Trinajstić information content (AvgIpc) is 2.39. The molecule has 0 saturated carbocycles. The van der Waals surface area contributed by atoms with Crippen LogP contribution in [0.15, 0.2) is 24.3 Å². The van der Waals surface area contributed by atoms with E-state index in [0.717, 1.165) is 5.56 Å². The quantitative estimate of drug-likeness (QED) is 0.717. The highest BCUT2D eigenvalue weighted by molar-refractivity contribution is 6.39. The molecule has 114 valence electrons. The molecular weight excluding hydrogens is 272 g/mol. The van der Waals surface area contributed by atoms with E-state index >= 15 is 0 Å². The number of hydrogen-bond acceptors (Lipinski definition) is 3. The highest BCUT2D eigenvalue weighted by atomic mass is 16.4. The number of anilines is 1. The topological polar surface area (TPSA) is 95.5 Å². The first kappa shape index (κ1) is 16.7. The number of carboxylic acids is 1. The van der Waals surface area contributed by atoms with Crippen molar-refractivity contribution in [3.63, 3.8) is 0 Å². The van der Waals surface area contributed by atoms with Crippen LogP contribution >= 0.6 is 0 Å². The SMILES string of the molecule is Cc1ccc(NC(=O)C(=O)NC(CC(=O)O)C(C)C)cc1. The second-order valence-corrected chi connectivity index (χ2v) is 5.24. The third-order valence-electron chi connectivity index (χ3n) is 3.03. The zero-order valence-electron chi connectivity index (χ0n) is 12.3. The molecule has 1 aromatic carbocycles. The van der Waals surface area contributed by atoms with Crippen LogP contribution in [-0.4, -0.2) is 28.9 Å². The Bertz CT molecular complexity index is 523. The lowest BCUT2D eigenvalue weighted by molar-refractivity contribution is -0.140. The minimum absolute atomic E-state index is 0.0859. The molecule has 1 unspecified atom stereocenters. The molecule has 0 radical (unpaired) electrons. The molecule has 1 rings (SSSR count). The number of hydrogen-bond donors (Lipinski definition) is 3. The van der Waals surface area contributed by atoms with E-state index < -0.39 is 23.8 Å². The molecule has 21 heavy (non-hydrogen) atoms. The molecule has 0 heterocycles. The van der Waals surface area contributed by atoms with Crippen molar-refractivity contribution < 1.29 is 19.5 Å². The van der Waals surface area contributed by atoms with E-state index in [1.165, 1.54) is 0 Å². The van der Waals surface area contributed by atoms with Gasteiger partial charge in [-0.05, 0) is 25.0 Å². The summed E-state index contributed by atoms with van der Waals surface area (Å²) in [6.07, 6.45) is -0.221. The summed E-state index contributed by atoms with van der Waals surface area (Å²) < 4.78 is 0. The van der Waals surface area contributed by atoms with Crippen molar-refractivity contribution in [2.24, 2.45) is 5.92 Å². The van der Waals surface area contributed by atoms with E-state index in [2.05, 4.69) is 10.6 Å². The fourth-order valence-electron chi connectivity index (χ4n) is 1.70. The molecule has 1 aromatic rings. The number of carbonyl (C=O) groups excluding carboxylic acids is 2. The fraction of sp³-hybridized carbons (Fsp3) is 0.400. The van der Waals surface area contributed by atoms with Crippen LogP contribution in [0.3, 0.4) is 0 Å². The van der Waals surface area contributed by atoms with Crippen LogP contribution in [0.1, 0.15) is 25.8 Å². The Kier molecular flexibility index (Phi) is 5.90. The number of nitrogens with one attached hydrogen (secondary N) is 2. The number of aliphatic carboxylic acids is 1. The van der Waals surface area contributed by atoms with Gasteiger partial charge >= 0.3 is 17.8 Å². The summed E-state index contributed by atoms with van der Waals surface area (Å²) in [6, 6.07) is 6.43. The lowest BCUT2D eigenvalue weighted by atomic mass is 10.0. The Labute approximate surface area is 123 Å². The number of aryl methyl sites for hydroxylation is 1. The predicted molar refractivity (Wildman–Crippen MR) is 78.8 cm³/mol. The molecule has 3 N–H and O–H groups in total. The average molecular weight is 292 g/mol. The van der Waals surface area contributed by atoms with Crippen molar-refractivity contribution in [3.8, 4) is 0 Å². The van der Waals surface area contributed by atoms with Gasteiger partial charge in [0.1, 0.15) is 0 Å². The van der Waals surface area contributed by atoms with Gasteiger partial charge in [-0.25, -0.2) is 0 Å². The maximum Gasteiger partial charge on any atom is 0.313 e. The van der Waals surface area contributed by atoms with Crippen LogP contribution in [0, 0.1) is 12.8 Å². The highest BCUT2D eigenvalue weighted by Gasteiger charge is 2.23. The molecule has 0 fully saturated rings. The van der Waals surface area contributed by atoms with Crippen LogP contribution in [0.25, 0.3) is 0 Å². The number of amides is 2. The highest BCUT2D eigenvalue weighted by Crippen LogP contribution is 2.09. The molecule has 6 heteroatoms.